The van der Waals surface area contributed by atoms with Gasteiger partial charge in [-0.3, -0.25) is 9.78 Å². The zero-order valence-corrected chi connectivity index (χ0v) is 12.3. The van der Waals surface area contributed by atoms with Gasteiger partial charge in [-0.05, 0) is 34.1 Å². The van der Waals surface area contributed by atoms with Gasteiger partial charge >= 0.3 is 5.63 Å². The molecule has 0 aliphatic rings. The maximum absolute atomic E-state index is 12.1. The van der Waals surface area contributed by atoms with Crippen LogP contribution in [0.15, 0.2) is 62.5 Å². The largest absolute Gasteiger partial charge is 0.430 e. The first-order valence-electron chi connectivity index (χ1n) is 6.08. The maximum atomic E-state index is 12.1. The second-order valence-electron chi connectivity index (χ2n) is 4.34. The van der Waals surface area contributed by atoms with Gasteiger partial charge in [-0.1, -0.05) is 18.2 Å². The third-order valence-corrected chi connectivity index (χ3v) is 3.43. The van der Waals surface area contributed by atoms with Gasteiger partial charge in [0, 0.05) is 5.39 Å². The van der Waals surface area contributed by atoms with Crippen LogP contribution in [0.3, 0.4) is 0 Å². The number of pyridine rings is 1. The Kier molecular flexibility index (Phi) is 3.53. The molecule has 0 aliphatic carbocycles. The number of carbonyl (C=O) groups excluding carboxylic acids is 1. The molecule has 21 heavy (non-hydrogen) atoms. The number of nitrogens with one attached hydrogen (secondary N) is 1. The number of amides is 1. The molecule has 0 saturated heterocycles. The van der Waals surface area contributed by atoms with Crippen LogP contribution in [0.5, 0.6) is 0 Å². The van der Waals surface area contributed by atoms with Crippen LogP contribution in [0.2, 0.25) is 0 Å². The van der Waals surface area contributed by atoms with E-state index in [0.717, 1.165) is 17.2 Å². The second kappa shape index (κ2) is 5.49. The highest BCUT2D eigenvalue weighted by Gasteiger charge is 2.10. The molecule has 6 heteroatoms. The summed E-state index contributed by atoms with van der Waals surface area (Å²) < 4.78 is 4.94. The summed E-state index contributed by atoms with van der Waals surface area (Å²) in [5.41, 5.74) is 1.14. The van der Waals surface area contributed by atoms with Crippen molar-refractivity contribution in [2.45, 2.75) is 0 Å². The highest BCUT2D eigenvalue weighted by atomic mass is 79.9. The van der Waals surface area contributed by atoms with E-state index >= 15 is 0 Å². The third-order valence-electron chi connectivity index (χ3n) is 2.88. The lowest BCUT2D eigenvalue weighted by Crippen LogP contribution is -2.13. The summed E-state index contributed by atoms with van der Waals surface area (Å²) in [5, 5.41) is 3.64. The number of para-hydroxylation sites is 1. The predicted molar refractivity (Wildman–Crippen MR) is 82.4 cm³/mol. The molecule has 0 atom stereocenters. The number of nitrogens with zero attached hydrogens (tertiary/aromatic N) is 1. The minimum atomic E-state index is -0.529. The number of hydrogen-bond donors (Lipinski definition) is 1. The normalized spacial score (nSPS) is 10.5. The van der Waals surface area contributed by atoms with Crippen molar-refractivity contribution in [1.29, 1.82) is 0 Å². The number of hydrogen-bond acceptors (Lipinski definition) is 4. The smallest absolute Gasteiger partial charge is 0.350 e. The zero-order valence-electron chi connectivity index (χ0n) is 10.7. The molecule has 0 saturated carbocycles. The van der Waals surface area contributed by atoms with Gasteiger partial charge in [0.15, 0.2) is 0 Å². The number of fused-ring (bicyclic) bond motifs is 1. The molecule has 2 aromatic heterocycles. The first-order valence-corrected chi connectivity index (χ1v) is 6.87. The maximum Gasteiger partial charge on any atom is 0.350 e. The summed E-state index contributed by atoms with van der Waals surface area (Å²) in [5.74, 6) is -0.378. The number of anilines is 1. The van der Waals surface area contributed by atoms with E-state index < -0.39 is 5.63 Å². The summed E-state index contributed by atoms with van der Waals surface area (Å²) in [6, 6.07) is 10.8. The number of halogens is 1. The van der Waals surface area contributed by atoms with Crippen LogP contribution in [0, 0.1) is 0 Å². The van der Waals surface area contributed by atoms with E-state index in [1.54, 1.807) is 6.20 Å². The summed E-state index contributed by atoms with van der Waals surface area (Å²) in [4.78, 5) is 27.5. The van der Waals surface area contributed by atoms with Crippen molar-refractivity contribution in [3.63, 3.8) is 0 Å². The van der Waals surface area contributed by atoms with Crippen molar-refractivity contribution in [3.8, 4) is 0 Å². The van der Waals surface area contributed by atoms with Crippen LogP contribution < -0.4 is 10.9 Å². The lowest BCUT2D eigenvalue weighted by Gasteiger charge is -2.05. The zero-order chi connectivity index (χ0) is 14.8. The van der Waals surface area contributed by atoms with E-state index in [-0.39, 0.29) is 15.9 Å². The van der Waals surface area contributed by atoms with E-state index in [0.29, 0.717) is 5.69 Å². The Hall–Kier alpha value is -2.47. The second-order valence-corrected chi connectivity index (χ2v) is 5.20. The van der Waals surface area contributed by atoms with Gasteiger partial charge in [-0.15, -0.1) is 0 Å². The van der Waals surface area contributed by atoms with Crippen molar-refractivity contribution >= 4 is 38.4 Å². The van der Waals surface area contributed by atoms with Crippen molar-refractivity contribution in [3.05, 3.63) is 69.3 Å². The molecule has 1 N–H and O–H groups in total. The van der Waals surface area contributed by atoms with Gasteiger partial charge in [-0.25, -0.2) is 4.79 Å². The average Bonchev–Trinajstić information content (AvgIpc) is 2.50. The summed E-state index contributed by atoms with van der Waals surface area (Å²) in [6.07, 6.45) is 2.70. The molecular weight excluding hydrogens is 336 g/mol. The summed E-state index contributed by atoms with van der Waals surface area (Å²) >= 11 is 3.03. The molecule has 0 unspecified atom stereocenters. The van der Waals surface area contributed by atoms with Gasteiger partial charge < -0.3 is 9.73 Å². The predicted octanol–water partition coefficient (Wildman–Crippen LogP) is 3.20. The molecule has 3 rings (SSSR count). The van der Waals surface area contributed by atoms with E-state index in [4.69, 9.17) is 4.42 Å². The van der Waals surface area contributed by atoms with Crippen molar-refractivity contribution in [2.24, 2.45) is 0 Å². The SMILES string of the molecule is O=C(Nc1cnc2ccccc2c1)c1coc(=O)c(Br)c1. The fourth-order valence-corrected chi connectivity index (χ4v) is 2.20. The van der Waals surface area contributed by atoms with Crippen LogP contribution in [-0.4, -0.2) is 10.9 Å². The van der Waals surface area contributed by atoms with E-state index in [1.807, 2.05) is 30.3 Å². The molecule has 0 spiro atoms. The molecule has 5 nitrogen and oxygen atoms in total. The van der Waals surface area contributed by atoms with Crippen LogP contribution in [0.1, 0.15) is 10.4 Å². The van der Waals surface area contributed by atoms with Crippen molar-refractivity contribution in [2.75, 3.05) is 5.32 Å². The molecule has 0 fully saturated rings. The first-order chi connectivity index (χ1) is 10.1. The van der Waals surface area contributed by atoms with Gasteiger partial charge in [0.05, 0.1) is 23.0 Å². The Balaban J connectivity index is 1.88. The summed E-state index contributed by atoms with van der Waals surface area (Å²) in [6.45, 7) is 0. The lowest BCUT2D eigenvalue weighted by atomic mass is 10.2. The Morgan fingerprint density at radius 1 is 1.24 bits per heavy atom. The standard InChI is InChI=1S/C15H9BrN2O3/c16-12-6-10(8-21-15(12)20)14(19)18-11-5-9-3-1-2-4-13(9)17-7-11/h1-8H,(H,18,19). The third kappa shape index (κ3) is 2.85. The molecule has 0 bridgehead atoms. The Morgan fingerprint density at radius 2 is 2.05 bits per heavy atom. The van der Waals surface area contributed by atoms with E-state index in [1.165, 1.54) is 6.07 Å². The molecular formula is C15H9BrN2O3. The monoisotopic (exact) mass is 344 g/mol. The number of benzene rings is 1. The minimum absolute atomic E-state index is 0.201. The quantitative estimate of drug-likeness (QED) is 0.774. The van der Waals surface area contributed by atoms with Crippen LogP contribution in [0.25, 0.3) is 10.9 Å². The molecule has 104 valence electrons. The molecule has 1 amide bonds. The van der Waals surface area contributed by atoms with Gasteiger partial charge in [0.2, 0.25) is 0 Å². The molecule has 0 aliphatic heterocycles. The Morgan fingerprint density at radius 3 is 2.86 bits per heavy atom. The van der Waals surface area contributed by atoms with E-state index in [9.17, 15) is 9.59 Å². The number of carbonyl (C=O) groups is 1. The van der Waals surface area contributed by atoms with E-state index in [2.05, 4.69) is 26.2 Å². The molecule has 1 aromatic carbocycles. The Bertz CT molecular complexity index is 889. The number of rotatable bonds is 2. The first kappa shape index (κ1) is 13.5. The van der Waals surface area contributed by atoms with Crippen molar-refractivity contribution < 1.29 is 9.21 Å². The van der Waals surface area contributed by atoms with Gasteiger partial charge in [-0.2, -0.15) is 0 Å². The highest BCUT2D eigenvalue weighted by molar-refractivity contribution is 9.10. The average molecular weight is 345 g/mol. The highest BCUT2D eigenvalue weighted by Crippen LogP contribution is 2.17. The van der Waals surface area contributed by atoms with Crippen LogP contribution in [0.4, 0.5) is 5.69 Å². The molecule has 0 radical (unpaired) electrons. The van der Waals surface area contributed by atoms with Gasteiger partial charge in [0.1, 0.15) is 10.7 Å². The Labute approximate surface area is 127 Å². The topological polar surface area (TPSA) is 72.2 Å². The van der Waals surface area contributed by atoms with Crippen LogP contribution in [-0.2, 0) is 0 Å². The van der Waals surface area contributed by atoms with Crippen molar-refractivity contribution in [1.82, 2.24) is 4.98 Å². The molecule has 3 aromatic rings. The fraction of sp³-hybridized carbons (Fsp3) is 0. The molecule has 2 heterocycles. The lowest BCUT2D eigenvalue weighted by molar-refractivity contribution is 0.102. The number of aromatic nitrogens is 1. The fourth-order valence-electron chi connectivity index (χ4n) is 1.86. The van der Waals surface area contributed by atoms with Crippen LogP contribution >= 0.6 is 15.9 Å². The van der Waals surface area contributed by atoms with Gasteiger partial charge in [0.25, 0.3) is 5.91 Å². The summed E-state index contributed by atoms with van der Waals surface area (Å²) in [7, 11) is 0. The minimum Gasteiger partial charge on any atom is -0.430 e.